The van der Waals surface area contributed by atoms with Gasteiger partial charge in [0.1, 0.15) is 0 Å². The molecule has 4 nitrogen and oxygen atoms in total. The van der Waals surface area contributed by atoms with E-state index in [1.807, 2.05) is 0 Å². The van der Waals surface area contributed by atoms with Crippen LogP contribution in [-0.4, -0.2) is 27.7 Å². The van der Waals surface area contributed by atoms with Crippen LogP contribution in [0.5, 0.6) is 0 Å². The fraction of sp³-hybridized carbons (Fsp3) is 0.500. The Morgan fingerprint density at radius 2 is 2.06 bits per heavy atom. The van der Waals surface area contributed by atoms with Crippen molar-refractivity contribution in [2.24, 2.45) is 0 Å². The quantitative estimate of drug-likeness (QED) is 0.868. The third-order valence-corrected chi connectivity index (χ3v) is 4.31. The predicted octanol–water partition coefficient (Wildman–Crippen LogP) is 1.53. The molecular weight excluding hydrogens is 238 g/mol. The van der Waals surface area contributed by atoms with Crippen LogP contribution in [-0.2, 0) is 14.8 Å². The van der Waals surface area contributed by atoms with Crippen molar-refractivity contribution in [3.63, 3.8) is 0 Å². The van der Waals surface area contributed by atoms with Crippen molar-refractivity contribution in [1.29, 1.82) is 0 Å². The number of hydrogen-bond donors (Lipinski definition) is 1. The van der Waals surface area contributed by atoms with Crippen LogP contribution in [0.4, 0.5) is 0 Å². The minimum Gasteiger partial charge on any atom is -0.378 e. The zero-order valence-corrected chi connectivity index (χ0v) is 10.4. The normalized spacial score (nSPS) is 20.6. The summed E-state index contributed by atoms with van der Waals surface area (Å²) in [4.78, 5) is 0.312. The molecule has 1 heterocycles. The Morgan fingerprint density at radius 3 is 2.71 bits per heavy atom. The zero-order valence-electron chi connectivity index (χ0n) is 9.63. The van der Waals surface area contributed by atoms with Crippen molar-refractivity contribution in [3.05, 3.63) is 30.3 Å². The number of benzene rings is 1. The number of nitrogens with one attached hydrogen (secondary N) is 1. The lowest BCUT2D eigenvalue weighted by molar-refractivity contribution is 0.105. The molecule has 0 radical (unpaired) electrons. The summed E-state index contributed by atoms with van der Waals surface area (Å²) >= 11 is 0. The smallest absolute Gasteiger partial charge is 0.240 e. The van der Waals surface area contributed by atoms with Crippen molar-refractivity contribution in [3.8, 4) is 0 Å². The van der Waals surface area contributed by atoms with Crippen LogP contribution in [0.1, 0.15) is 19.3 Å². The fourth-order valence-corrected chi connectivity index (χ4v) is 2.98. The van der Waals surface area contributed by atoms with Crippen LogP contribution >= 0.6 is 0 Å². The summed E-state index contributed by atoms with van der Waals surface area (Å²) in [5.41, 5.74) is 0. The van der Waals surface area contributed by atoms with E-state index in [0.717, 1.165) is 25.9 Å². The van der Waals surface area contributed by atoms with E-state index in [1.54, 1.807) is 30.3 Å². The minimum atomic E-state index is -3.36. The van der Waals surface area contributed by atoms with Gasteiger partial charge in [0, 0.05) is 13.2 Å². The lowest BCUT2D eigenvalue weighted by Crippen LogP contribution is -2.27. The first-order valence-corrected chi connectivity index (χ1v) is 7.33. The maximum atomic E-state index is 11.9. The highest BCUT2D eigenvalue weighted by Crippen LogP contribution is 2.15. The molecule has 0 spiro atoms. The molecule has 1 unspecified atom stereocenters. The second kappa shape index (κ2) is 5.62. The predicted molar refractivity (Wildman–Crippen MR) is 65.2 cm³/mol. The second-order valence-electron chi connectivity index (χ2n) is 4.13. The van der Waals surface area contributed by atoms with Gasteiger partial charge in [-0.3, -0.25) is 0 Å². The number of rotatable bonds is 5. The van der Waals surface area contributed by atoms with Gasteiger partial charge in [-0.1, -0.05) is 18.2 Å². The van der Waals surface area contributed by atoms with Crippen LogP contribution in [0.2, 0.25) is 0 Å². The van der Waals surface area contributed by atoms with Crippen LogP contribution in [0.15, 0.2) is 35.2 Å². The highest BCUT2D eigenvalue weighted by molar-refractivity contribution is 7.89. The van der Waals surface area contributed by atoms with E-state index in [-0.39, 0.29) is 6.10 Å². The molecule has 1 atom stereocenters. The molecule has 1 fully saturated rings. The molecule has 1 saturated heterocycles. The highest BCUT2D eigenvalue weighted by Gasteiger charge is 2.17. The van der Waals surface area contributed by atoms with Gasteiger partial charge in [0.05, 0.1) is 11.0 Å². The van der Waals surface area contributed by atoms with E-state index in [0.29, 0.717) is 11.4 Å². The molecular formula is C12H17NO3S. The van der Waals surface area contributed by atoms with Gasteiger partial charge in [0.2, 0.25) is 10.0 Å². The molecule has 1 aliphatic heterocycles. The van der Waals surface area contributed by atoms with Gasteiger partial charge < -0.3 is 4.74 Å². The van der Waals surface area contributed by atoms with Gasteiger partial charge in [-0.15, -0.1) is 0 Å². The standard InChI is InChI=1S/C12H17NO3S/c14-17(15,12-6-2-1-3-7-12)13-9-8-11-5-4-10-16-11/h1-3,6-7,11,13H,4-5,8-10H2. The van der Waals surface area contributed by atoms with E-state index < -0.39 is 10.0 Å². The van der Waals surface area contributed by atoms with Gasteiger partial charge in [-0.05, 0) is 31.4 Å². The first kappa shape index (κ1) is 12.5. The summed E-state index contributed by atoms with van der Waals surface area (Å²) in [6, 6.07) is 8.41. The first-order chi connectivity index (χ1) is 8.18. The SMILES string of the molecule is O=S(=O)(NCCC1CCCO1)c1ccccc1. The Balaban J connectivity index is 1.85. The summed E-state index contributed by atoms with van der Waals surface area (Å²) in [5.74, 6) is 0. The highest BCUT2D eigenvalue weighted by atomic mass is 32.2. The van der Waals surface area contributed by atoms with Crippen LogP contribution in [0.25, 0.3) is 0 Å². The van der Waals surface area contributed by atoms with Crippen molar-refractivity contribution >= 4 is 10.0 Å². The van der Waals surface area contributed by atoms with E-state index in [4.69, 9.17) is 4.74 Å². The number of ether oxygens (including phenoxy) is 1. The lowest BCUT2D eigenvalue weighted by Gasteiger charge is -2.10. The summed E-state index contributed by atoms with van der Waals surface area (Å²) in [7, 11) is -3.36. The number of hydrogen-bond acceptors (Lipinski definition) is 3. The van der Waals surface area contributed by atoms with E-state index >= 15 is 0 Å². The van der Waals surface area contributed by atoms with E-state index in [2.05, 4.69) is 4.72 Å². The fourth-order valence-electron chi connectivity index (χ4n) is 1.91. The van der Waals surface area contributed by atoms with E-state index in [1.165, 1.54) is 0 Å². The van der Waals surface area contributed by atoms with Gasteiger partial charge in [0.15, 0.2) is 0 Å². The minimum absolute atomic E-state index is 0.216. The molecule has 0 aliphatic carbocycles. The molecule has 1 N–H and O–H groups in total. The van der Waals surface area contributed by atoms with Gasteiger partial charge in [0.25, 0.3) is 0 Å². The molecule has 1 aromatic carbocycles. The third kappa shape index (κ3) is 3.52. The third-order valence-electron chi connectivity index (χ3n) is 2.84. The molecule has 5 heteroatoms. The van der Waals surface area contributed by atoms with Crippen LogP contribution in [0.3, 0.4) is 0 Å². The molecule has 0 amide bonds. The average molecular weight is 255 g/mol. The zero-order chi connectivity index (χ0) is 12.1. The summed E-state index contributed by atoms with van der Waals surface area (Å²) in [6.07, 6.45) is 3.07. The Kier molecular flexibility index (Phi) is 4.15. The largest absolute Gasteiger partial charge is 0.378 e. The second-order valence-corrected chi connectivity index (χ2v) is 5.90. The summed E-state index contributed by atoms with van der Waals surface area (Å²) in [6.45, 7) is 1.23. The van der Waals surface area contributed by atoms with Gasteiger partial charge in [-0.25, -0.2) is 13.1 Å². The maximum absolute atomic E-state index is 11.9. The van der Waals surface area contributed by atoms with Crippen LogP contribution in [0, 0.1) is 0 Å². The van der Waals surface area contributed by atoms with Crippen LogP contribution < -0.4 is 4.72 Å². The maximum Gasteiger partial charge on any atom is 0.240 e. The number of sulfonamides is 1. The van der Waals surface area contributed by atoms with Gasteiger partial charge >= 0.3 is 0 Å². The van der Waals surface area contributed by atoms with E-state index in [9.17, 15) is 8.42 Å². The summed E-state index contributed by atoms with van der Waals surface area (Å²) in [5, 5.41) is 0. The molecule has 17 heavy (non-hydrogen) atoms. The first-order valence-electron chi connectivity index (χ1n) is 5.85. The molecule has 2 rings (SSSR count). The Labute approximate surface area is 102 Å². The topological polar surface area (TPSA) is 55.4 Å². The molecule has 0 saturated carbocycles. The van der Waals surface area contributed by atoms with Crippen molar-refractivity contribution in [2.45, 2.75) is 30.3 Å². The molecule has 0 aromatic heterocycles. The lowest BCUT2D eigenvalue weighted by atomic mass is 10.2. The molecule has 1 aliphatic rings. The van der Waals surface area contributed by atoms with Crippen molar-refractivity contribution in [2.75, 3.05) is 13.2 Å². The van der Waals surface area contributed by atoms with Crippen molar-refractivity contribution < 1.29 is 13.2 Å². The molecule has 94 valence electrons. The van der Waals surface area contributed by atoms with Gasteiger partial charge in [-0.2, -0.15) is 0 Å². The van der Waals surface area contributed by atoms with Crippen molar-refractivity contribution in [1.82, 2.24) is 4.72 Å². The molecule has 0 bridgehead atoms. The average Bonchev–Trinajstić information content (AvgIpc) is 2.83. The Bertz CT molecular complexity index is 438. The Morgan fingerprint density at radius 1 is 1.29 bits per heavy atom. The summed E-state index contributed by atoms with van der Waals surface area (Å²) < 4.78 is 31.7. The Hall–Kier alpha value is -0.910. The monoisotopic (exact) mass is 255 g/mol. The molecule has 1 aromatic rings.